The third-order valence-corrected chi connectivity index (χ3v) is 7.87. The molecule has 2 amide bonds. The zero-order valence-electron chi connectivity index (χ0n) is 24.7. The molecule has 2 N–H and O–H groups in total. The van der Waals surface area contributed by atoms with Gasteiger partial charge in [-0.3, -0.25) is 14.5 Å². The predicted octanol–water partition coefficient (Wildman–Crippen LogP) is 4.57. The average Bonchev–Trinajstić information content (AvgIpc) is 3.39. The summed E-state index contributed by atoms with van der Waals surface area (Å²) in [5.74, 6) is -0.148. The summed E-state index contributed by atoms with van der Waals surface area (Å²) in [4.78, 5) is 33.5. The number of benzene rings is 2. The topological polar surface area (TPSA) is 112 Å². The van der Waals surface area contributed by atoms with Crippen molar-refractivity contribution in [1.82, 2.24) is 24.4 Å². The Labute approximate surface area is 252 Å². The van der Waals surface area contributed by atoms with Crippen LogP contribution in [0.2, 0.25) is 0 Å². The molecule has 13 heteroatoms. The average molecular weight is 611 g/mol. The number of carbonyl (C=O) groups is 2. The van der Waals surface area contributed by atoms with E-state index in [9.17, 15) is 27.9 Å². The van der Waals surface area contributed by atoms with Crippen LogP contribution >= 0.6 is 0 Å². The SMILES string of the molecule is COc1ccc(-c2nc3c(C(=O)N4CCN([C@H](CO)c5cccc(NC(C)=O)c5)C[C@H]4C)cnn3c(C(F)(F)F)c2C)cc1. The van der Waals surface area contributed by atoms with Gasteiger partial charge in [0, 0.05) is 49.4 Å². The molecule has 0 spiro atoms. The number of halogens is 3. The molecule has 0 bridgehead atoms. The van der Waals surface area contributed by atoms with Crippen LogP contribution in [0, 0.1) is 6.92 Å². The van der Waals surface area contributed by atoms with Crippen LogP contribution < -0.4 is 10.1 Å². The van der Waals surface area contributed by atoms with Crippen molar-refractivity contribution in [2.45, 2.75) is 39.0 Å². The largest absolute Gasteiger partial charge is 0.497 e. The number of hydrogen-bond acceptors (Lipinski definition) is 7. The lowest BCUT2D eigenvalue weighted by molar-refractivity contribution is -0.143. The summed E-state index contributed by atoms with van der Waals surface area (Å²) in [6.07, 6.45) is -3.62. The third kappa shape index (κ3) is 5.97. The van der Waals surface area contributed by atoms with Gasteiger partial charge in [-0.1, -0.05) is 12.1 Å². The molecule has 4 aromatic rings. The molecule has 0 unspecified atom stereocenters. The first-order valence-electron chi connectivity index (χ1n) is 14.1. The van der Waals surface area contributed by atoms with Crippen LogP contribution in [0.5, 0.6) is 5.75 Å². The Bertz CT molecular complexity index is 1690. The van der Waals surface area contributed by atoms with Gasteiger partial charge in [0.05, 0.1) is 31.6 Å². The number of aromatic nitrogens is 3. The highest BCUT2D eigenvalue weighted by Crippen LogP contribution is 2.37. The van der Waals surface area contributed by atoms with Crippen molar-refractivity contribution in [3.8, 4) is 17.0 Å². The molecule has 44 heavy (non-hydrogen) atoms. The van der Waals surface area contributed by atoms with Crippen molar-refractivity contribution in [2.24, 2.45) is 0 Å². The van der Waals surface area contributed by atoms with Crippen LogP contribution in [-0.2, 0) is 11.0 Å². The fourth-order valence-corrected chi connectivity index (χ4v) is 5.77. The van der Waals surface area contributed by atoms with Gasteiger partial charge in [-0.05, 0) is 55.8 Å². The zero-order valence-corrected chi connectivity index (χ0v) is 24.7. The molecule has 1 aliphatic heterocycles. The molecule has 1 saturated heterocycles. The van der Waals surface area contributed by atoms with E-state index in [0.29, 0.717) is 34.6 Å². The number of ether oxygens (including phenoxy) is 1. The molecule has 2 aromatic heterocycles. The number of rotatable bonds is 7. The highest BCUT2D eigenvalue weighted by Gasteiger charge is 2.39. The lowest BCUT2D eigenvalue weighted by atomic mass is 10.0. The fraction of sp³-hybridized carbons (Fsp3) is 0.355. The van der Waals surface area contributed by atoms with E-state index in [-0.39, 0.29) is 53.6 Å². The van der Waals surface area contributed by atoms with Crippen molar-refractivity contribution in [3.63, 3.8) is 0 Å². The summed E-state index contributed by atoms with van der Waals surface area (Å²) in [5, 5.41) is 17.0. The zero-order chi connectivity index (χ0) is 31.8. The Kier molecular flexibility index (Phi) is 8.62. The van der Waals surface area contributed by atoms with E-state index in [1.165, 1.54) is 21.0 Å². The van der Waals surface area contributed by atoms with Crippen LogP contribution in [0.1, 0.15) is 47.1 Å². The normalized spacial score (nSPS) is 16.6. The van der Waals surface area contributed by atoms with Gasteiger partial charge in [-0.25, -0.2) is 9.50 Å². The minimum absolute atomic E-state index is 0.0349. The number of alkyl halides is 3. The van der Waals surface area contributed by atoms with Gasteiger partial charge >= 0.3 is 6.18 Å². The number of methoxy groups -OCH3 is 1. The van der Waals surface area contributed by atoms with Gasteiger partial charge in [0.25, 0.3) is 5.91 Å². The maximum Gasteiger partial charge on any atom is 0.433 e. The second-order valence-corrected chi connectivity index (χ2v) is 10.8. The van der Waals surface area contributed by atoms with Gasteiger partial charge < -0.3 is 20.1 Å². The van der Waals surface area contributed by atoms with E-state index < -0.39 is 17.8 Å². The van der Waals surface area contributed by atoms with E-state index in [2.05, 4.69) is 15.4 Å². The number of piperazine rings is 1. The Balaban J connectivity index is 1.45. The number of amides is 2. The van der Waals surface area contributed by atoms with Crippen LogP contribution in [0.4, 0.5) is 18.9 Å². The Morgan fingerprint density at radius 3 is 2.50 bits per heavy atom. The van der Waals surface area contributed by atoms with Gasteiger partial charge in [-0.15, -0.1) is 0 Å². The number of fused-ring (bicyclic) bond motifs is 1. The van der Waals surface area contributed by atoms with E-state index in [0.717, 1.165) is 11.8 Å². The third-order valence-electron chi connectivity index (χ3n) is 7.87. The molecular formula is C31H33F3N6O4. The lowest BCUT2D eigenvalue weighted by Crippen LogP contribution is -2.55. The summed E-state index contributed by atoms with van der Waals surface area (Å²) in [6.45, 7) is 5.49. The van der Waals surface area contributed by atoms with Crippen LogP contribution in [0.3, 0.4) is 0 Å². The van der Waals surface area contributed by atoms with Gasteiger partial charge in [-0.2, -0.15) is 18.3 Å². The second-order valence-electron chi connectivity index (χ2n) is 10.8. The predicted molar refractivity (Wildman–Crippen MR) is 157 cm³/mol. The molecule has 2 aromatic carbocycles. The number of nitrogens with zero attached hydrogens (tertiary/aromatic N) is 5. The number of nitrogens with one attached hydrogen (secondary N) is 1. The highest BCUT2D eigenvalue weighted by molar-refractivity contribution is 6.00. The van der Waals surface area contributed by atoms with Crippen LogP contribution in [-0.4, -0.2) is 80.7 Å². The second kappa shape index (κ2) is 12.2. The molecule has 3 heterocycles. The fourth-order valence-electron chi connectivity index (χ4n) is 5.77. The lowest BCUT2D eigenvalue weighted by Gasteiger charge is -2.43. The van der Waals surface area contributed by atoms with Crippen molar-refractivity contribution in [3.05, 3.63) is 77.1 Å². The van der Waals surface area contributed by atoms with Crippen LogP contribution in [0.25, 0.3) is 16.9 Å². The van der Waals surface area contributed by atoms with Crippen molar-refractivity contribution in [2.75, 3.05) is 38.7 Å². The maximum atomic E-state index is 14.3. The molecule has 232 valence electrons. The quantitative estimate of drug-likeness (QED) is 0.315. The van der Waals surface area contributed by atoms with Gasteiger partial charge in [0.2, 0.25) is 5.91 Å². The maximum absolute atomic E-state index is 14.3. The van der Waals surface area contributed by atoms with E-state index >= 15 is 0 Å². The smallest absolute Gasteiger partial charge is 0.433 e. The number of hydrogen-bond donors (Lipinski definition) is 2. The highest BCUT2D eigenvalue weighted by atomic mass is 19.4. The molecule has 0 radical (unpaired) electrons. The Morgan fingerprint density at radius 1 is 1.16 bits per heavy atom. The van der Waals surface area contributed by atoms with Crippen molar-refractivity contribution in [1.29, 1.82) is 0 Å². The van der Waals surface area contributed by atoms with Crippen molar-refractivity contribution >= 4 is 23.1 Å². The number of carbonyl (C=O) groups excluding carboxylic acids is 2. The van der Waals surface area contributed by atoms with Crippen molar-refractivity contribution < 1.29 is 32.6 Å². The molecule has 1 aliphatic rings. The number of aliphatic hydroxyl groups is 1. The summed E-state index contributed by atoms with van der Waals surface area (Å²) in [5.41, 5.74) is 0.609. The molecule has 0 saturated carbocycles. The minimum atomic E-state index is -4.76. The minimum Gasteiger partial charge on any atom is -0.497 e. The molecule has 1 fully saturated rings. The Hall–Kier alpha value is -4.49. The number of anilines is 1. The molecule has 2 atom stereocenters. The first-order chi connectivity index (χ1) is 20.9. The molecule has 0 aliphatic carbocycles. The molecule has 10 nitrogen and oxygen atoms in total. The van der Waals surface area contributed by atoms with E-state index in [1.54, 1.807) is 47.4 Å². The summed E-state index contributed by atoms with van der Waals surface area (Å²) in [7, 11) is 1.49. The van der Waals surface area contributed by atoms with Gasteiger partial charge in [0.15, 0.2) is 11.3 Å². The monoisotopic (exact) mass is 610 g/mol. The Morgan fingerprint density at radius 2 is 1.89 bits per heavy atom. The standard InChI is InChI=1S/C31H33F3N6O4/c1-18-16-38(26(17-41)22-6-5-7-23(14-22)36-20(3)42)12-13-39(18)30(43)25-15-35-40-28(31(32,33)34)19(2)27(37-29(25)40)21-8-10-24(44-4)11-9-21/h5-11,14-15,18,26,41H,12-13,16-17H2,1-4H3,(H,36,42)/t18-,26-/m1/s1. The first kappa shape index (κ1) is 31.0. The number of aliphatic hydroxyl groups excluding tert-OH is 1. The molecule has 5 rings (SSSR count). The summed E-state index contributed by atoms with van der Waals surface area (Å²) < 4.78 is 48.9. The molecular weight excluding hydrogens is 577 g/mol. The van der Waals surface area contributed by atoms with E-state index in [1.807, 2.05) is 17.9 Å². The van der Waals surface area contributed by atoms with Gasteiger partial charge in [0.1, 0.15) is 11.3 Å². The summed E-state index contributed by atoms with van der Waals surface area (Å²) in [6, 6.07) is 13.0. The van der Waals surface area contributed by atoms with Crippen LogP contribution in [0.15, 0.2) is 54.7 Å². The first-order valence-corrected chi connectivity index (χ1v) is 14.1. The summed E-state index contributed by atoms with van der Waals surface area (Å²) >= 11 is 0. The van der Waals surface area contributed by atoms with E-state index in [4.69, 9.17) is 4.74 Å².